The minimum absolute atomic E-state index is 0.795. The zero-order valence-electron chi connectivity index (χ0n) is 30.1. The molecule has 6 aromatic carbocycles. The van der Waals surface area contributed by atoms with Crippen molar-refractivity contribution in [1.82, 2.24) is 0 Å². The summed E-state index contributed by atoms with van der Waals surface area (Å²) in [4.78, 5) is 0. The molecule has 0 atom stereocenters. The van der Waals surface area contributed by atoms with E-state index < -0.39 is 14.5 Å². The monoisotopic (exact) mass is 736 g/mol. The van der Waals surface area contributed by atoms with Crippen molar-refractivity contribution in [1.29, 1.82) is 0 Å². The Morgan fingerprint density at radius 3 is 0.778 bits per heavy atom. The van der Waals surface area contributed by atoms with Crippen molar-refractivity contribution in [3.63, 3.8) is 0 Å². The van der Waals surface area contributed by atoms with Gasteiger partial charge in [0.25, 0.3) is 0 Å². The second-order valence-electron chi connectivity index (χ2n) is 13.3. The summed E-state index contributed by atoms with van der Waals surface area (Å²) in [7, 11) is -4.10. The molecule has 2 aromatic heterocycles. The van der Waals surface area contributed by atoms with Crippen LogP contribution >= 0.6 is 14.5 Å². The van der Waals surface area contributed by atoms with Crippen molar-refractivity contribution in [2.24, 2.45) is 0 Å². The van der Waals surface area contributed by atoms with E-state index in [-0.39, 0.29) is 0 Å². The molecule has 2 heterocycles. The first-order valence-electron chi connectivity index (χ1n) is 18.4. The van der Waals surface area contributed by atoms with E-state index in [2.05, 4.69) is 206 Å². The summed E-state index contributed by atoms with van der Waals surface area (Å²) in [5, 5.41) is 8.04. The molecule has 0 aliphatic carbocycles. The molecule has 0 unspecified atom stereocenters. The summed E-state index contributed by atoms with van der Waals surface area (Å²) < 4.78 is 13.1. The first-order chi connectivity index (χ1) is 26.7. The van der Waals surface area contributed by atoms with Gasteiger partial charge in [0.2, 0.25) is 0 Å². The Morgan fingerprint density at radius 1 is 0.296 bits per heavy atom. The Morgan fingerprint density at radius 2 is 0.537 bits per heavy atom. The van der Waals surface area contributed by atoms with Gasteiger partial charge in [-0.2, -0.15) is 0 Å². The van der Waals surface area contributed by atoms with E-state index in [1.165, 1.54) is 31.8 Å². The quantitative estimate of drug-likeness (QED) is 0.0870. The maximum atomic E-state index is 6.53. The molecule has 2 nitrogen and oxygen atoms in total. The van der Waals surface area contributed by atoms with Crippen LogP contribution in [-0.2, 0) is 12.3 Å². The van der Waals surface area contributed by atoms with Crippen LogP contribution in [0.3, 0.4) is 0 Å². The summed E-state index contributed by atoms with van der Waals surface area (Å²) in [6.07, 6.45) is 9.68. The van der Waals surface area contributed by atoms with Crippen molar-refractivity contribution < 1.29 is 8.83 Å². The smallest absolute Gasteiger partial charge is 0.143 e. The molecule has 262 valence electrons. The first kappa shape index (κ1) is 35.3. The molecule has 0 fully saturated rings. The largest absolute Gasteiger partial charge is 0.458 e. The Hall–Kier alpha value is -5.78. The van der Waals surface area contributed by atoms with Crippen molar-refractivity contribution in [3.8, 4) is 0 Å². The van der Waals surface area contributed by atoms with E-state index >= 15 is 0 Å². The normalized spacial score (nSPS) is 12.1. The summed E-state index contributed by atoms with van der Waals surface area (Å²) in [5.41, 5.74) is 0. The van der Waals surface area contributed by atoms with Crippen molar-refractivity contribution in [2.75, 3.05) is 0 Å². The number of benzene rings is 6. The molecule has 8 rings (SSSR count). The van der Waals surface area contributed by atoms with Gasteiger partial charge in [0, 0.05) is 0 Å². The van der Waals surface area contributed by atoms with Crippen LogP contribution in [0, 0.1) is 0 Å². The maximum Gasteiger partial charge on any atom is 0.143 e. The fourth-order valence-electron chi connectivity index (χ4n) is 7.44. The fourth-order valence-corrected chi connectivity index (χ4v) is 15.7. The standard InChI is InChI=1S/C50H42O2P2/c1-7-23-45(24-8-1)53(46-25-9-2-10-26-46,47-27-11-3-12-28-47)39-43-37-35-41(51-43)21-19-20-22-42-36-38-44(52-42)40-54(48-29-13-4-14-30-48,49-31-15-5-16-32-49)50-33-17-6-18-34-50/h1-38H,39-40H2/q+2/b21-19+,22-20+. The lowest BCUT2D eigenvalue weighted by atomic mass is 10.3. The van der Waals surface area contributed by atoms with E-state index in [1.54, 1.807) is 0 Å². The van der Waals surface area contributed by atoms with E-state index in [4.69, 9.17) is 8.83 Å². The Bertz CT molecular complexity index is 2050. The van der Waals surface area contributed by atoms with Crippen LogP contribution in [0.15, 0.2) is 227 Å². The molecular formula is C50H42O2P2+2. The molecule has 0 N–H and O–H groups in total. The van der Waals surface area contributed by atoms with E-state index in [1.807, 2.05) is 24.3 Å². The van der Waals surface area contributed by atoms with Gasteiger partial charge in [-0.1, -0.05) is 121 Å². The number of rotatable bonds is 13. The average molecular weight is 737 g/mol. The summed E-state index contributed by atoms with van der Waals surface area (Å²) in [6, 6.07) is 74.0. The van der Waals surface area contributed by atoms with Crippen LogP contribution in [0.4, 0.5) is 0 Å². The van der Waals surface area contributed by atoms with Gasteiger partial charge >= 0.3 is 0 Å². The Kier molecular flexibility index (Phi) is 10.8. The molecule has 0 amide bonds. The third-order valence-electron chi connectivity index (χ3n) is 9.96. The highest BCUT2D eigenvalue weighted by molar-refractivity contribution is 7.95. The molecule has 0 saturated heterocycles. The lowest BCUT2D eigenvalue weighted by Crippen LogP contribution is -2.32. The lowest BCUT2D eigenvalue weighted by molar-refractivity contribution is 0.519. The predicted octanol–water partition coefficient (Wildman–Crippen LogP) is 10.6. The highest BCUT2D eigenvalue weighted by Crippen LogP contribution is 2.59. The SMILES string of the molecule is C(/C=C/c1ccc(C[P+](c2ccccc2)(c2ccccc2)c2ccccc2)o1)=C\c1ccc(C[P+](c2ccccc2)(c2ccccc2)c2ccccc2)o1. The Balaban J connectivity index is 1.04. The summed E-state index contributed by atoms with van der Waals surface area (Å²) in [5.74, 6) is 3.60. The molecule has 0 spiro atoms. The van der Waals surface area contributed by atoms with Gasteiger partial charge in [0.15, 0.2) is 0 Å². The third-order valence-corrected chi connectivity index (χ3v) is 18.6. The van der Waals surface area contributed by atoms with E-state index in [0.717, 1.165) is 35.4 Å². The second-order valence-corrected chi connectivity index (χ2v) is 20.2. The van der Waals surface area contributed by atoms with Crippen LogP contribution in [0.2, 0.25) is 0 Å². The van der Waals surface area contributed by atoms with Crippen molar-refractivity contribution in [3.05, 3.63) is 241 Å². The zero-order valence-corrected chi connectivity index (χ0v) is 31.9. The summed E-state index contributed by atoms with van der Waals surface area (Å²) >= 11 is 0. The van der Waals surface area contributed by atoms with Crippen molar-refractivity contribution in [2.45, 2.75) is 12.3 Å². The van der Waals surface area contributed by atoms with Crippen LogP contribution in [0.5, 0.6) is 0 Å². The fraction of sp³-hybridized carbons (Fsp3) is 0.0400. The minimum atomic E-state index is -2.05. The molecule has 54 heavy (non-hydrogen) atoms. The number of allylic oxidation sites excluding steroid dienone is 2. The van der Waals surface area contributed by atoms with Gasteiger partial charge in [0.1, 0.15) is 81.7 Å². The lowest BCUT2D eigenvalue weighted by Gasteiger charge is -2.26. The highest BCUT2D eigenvalue weighted by atomic mass is 31.2. The maximum absolute atomic E-state index is 6.53. The van der Waals surface area contributed by atoms with Crippen molar-refractivity contribution >= 4 is 58.5 Å². The molecule has 0 aliphatic rings. The molecule has 0 aliphatic heterocycles. The minimum Gasteiger partial charge on any atom is -0.458 e. The molecule has 0 saturated carbocycles. The number of hydrogen-bond donors (Lipinski definition) is 0. The second kappa shape index (κ2) is 16.5. The molecular weight excluding hydrogens is 694 g/mol. The van der Waals surface area contributed by atoms with E-state index in [9.17, 15) is 0 Å². The van der Waals surface area contributed by atoms with Gasteiger partial charge < -0.3 is 8.83 Å². The summed E-state index contributed by atoms with van der Waals surface area (Å²) in [6.45, 7) is 0. The van der Waals surface area contributed by atoms with Crippen LogP contribution in [-0.4, -0.2) is 0 Å². The average Bonchev–Trinajstić information content (AvgIpc) is 3.91. The van der Waals surface area contributed by atoms with Gasteiger partial charge in [-0.25, -0.2) is 0 Å². The van der Waals surface area contributed by atoms with Gasteiger partial charge in [-0.05, 0) is 109 Å². The molecule has 4 heteroatoms. The molecule has 0 radical (unpaired) electrons. The van der Waals surface area contributed by atoms with Crippen LogP contribution in [0.1, 0.15) is 23.0 Å². The third kappa shape index (κ3) is 7.37. The first-order valence-corrected chi connectivity index (χ1v) is 22.3. The topological polar surface area (TPSA) is 26.3 Å². The van der Waals surface area contributed by atoms with Crippen LogP contribution < -0.4 is 31.8 Å². The molecule has 0 bridgehead atoms. The van der Waals surface area contributed by atoms with E-state index in [0.29, 0.717) is 0 Å². The van der Waals surface area contributed by atoms with Gasteiger partial charge in [0.05, 0.1) is 0 Å². The molecule has 8 aromatic rings. The predicted molar refractivity (Wildman–Crippen MR) is 233 cm³/mol. The zero-order chi connectivity index (χ0) is 36.5. The number of furan rings is 2. The highest BCUT2D eigenvalue weighted by Gasteiger charge is 2.47. The van der Waals surface area contributed by atoms with Gasteiger partial charge in [-0.3, -0.25) is 0 Å². The van der Waals surface area contributed by atoms with Gasteiger partial charge in [-0.15, -0.1) is 0 Å². The number of hydrogen-bond acceptors (Lipinski definition) is 2. The Labute approximate surface area is 319 Å². The van der Waals surface area contributed by atoms with Crippen LogP contribution in [0.25, 0.3) is 12.2 Å².